The number of hydrogen-bond acceptors (Lipinski definition) is 0. The standard InChI is InChI=1S/C24H27P/c1-5-13-21(14-6-1)25(22-15-7-2-8-16-22,23-17-9-3-10-18-23)24-19-11-4-12-20-24/h1-3,5-10,13-18,24-25H,4,11-12,19-20H2. The van der Waals surface area contributed by atoms with Crippen molar-refractivity contribution >= 4 is 23.2 Å². The van der Waals surface area contributed by atoms with Gasteiger partial charge in [-0.25, -0.2) is 0 Å². The van der Waals surface area contributed by atoms with Crippen LogP contribution in [0.15, 0.2) is 91.0 Å². The minimum absolute atomic E-state index is 0.786. The predicted molar refractivity (Wildman–Crippen MR) is 113 cm³/mol. The third kappa shape index (κ3) is 3.05. The van der Waals surface area contributed by atoms with Crippen molar-refractivity contribution < 1.29 is 0 Å². The molecule has 0 spiro atoms. The van der Waals surface area contributed by atoms with Crippen LogP contribution in [0, 0.1) is 0 Å². The maximum atomic E-state index is 2.39. The van der Waals surface area contributed by atoms with E-state index in [0.717, 1.165) is 5.66 Å². The Morgan fingerprint density at radius 1 is 0.480 bits per heavy atom. The van der Waals surface area contributed by atoms with Gasteiger partial charge in [-0.2, -0.15) is 0 Å². The van der Waals surface area contributed by atoms with Crippen LogP contribution in [0.3, 0.4) is 0 Å². The first kappa shape index (κ1) is 16.6. The molecular weight excluding hydrogens is 319 g/mol. The third-order valence-corrected chi connectivity index (χ3v) is 11.4. The summed E-state index contributed by atoms with van der Waals surface area (Å²) >= 11 is 0. The molecule has 1 saturated carbocycles. The Kier molecular flexibility index (Phi) is 4.99. The summed E-state index contributed by atoms with van der Waals surface area (Å²) in [6, 6.07) is 34.2. The SMILES string of the molecule is c1ccc([PH](c2ccccc2)(c2ccccc2)C2CCCCC2)cc1. The van der Waals surface area contributed by atoms with Gasteiger partial charge in [0.25, 0.3) is 0 Å². The second-order valence-corrected chi connectivity index (χ2v) is 11.4. The van der Waals surface area contributed by atoms with Crippen LogP contribution < -0.4 is 15.9 Å². The van der Waals surface area contributed by atoms with Gasteiger partial charge in [-0.05, 0) is 0 Å². The summed E-state index contributed by atoms with van der Waals surface area (Å²) in [6.07, 6.45) is 6.90. The van der Waals surface area contributed by atoms with Crippen molar-refractivity contribution in [3.63, 3.8) is 0 Å². The number of benzene rings is 3. The van der Waals surface area contributed by atoms with E-state index in [0.29, 0.717) is 0 Å². The molecule has 0 unspecified atom stereocenters. The van der Waals surface area contributed by atoms with Crippen molar-refractivity contribution in [3.8, 4) is 0 Å². The molecule has 0 N–H and O–H groups in total. The zero-order valence-corrected chi connectivity index (χ0v) is 15.8. The van der Waals surface area contributed by atoms with E-state index in [2.05, 4.69) is 91.0 Å². The summed E-state index contributed by atoms with van der Waals surface area (Å²) in [5.74, 6) is 0. The van der Waals surface area contributed by atoms with Crippen molar-refractivity contribution in [1.82, 2.24) is 0 Å². The number of hydrogen-bond donors (Lipinski definition) is 0. The first-order valence-corrected chi connectivity index (χ1v) is 11.7. The molecule has 0 heterocycles. The molecule has 0 amide bonds. The van der Waals surface area contributed by atoms with Gasteiger partial charge in [0.2, 0.25) is 0 Å². The molecule has 1 fully saturated rings. The molecule has 25 heavy (non-hydrogen) atoms. The molecule has 0 aliphatic heterocycles. The quantitative estimate of drug-likeness (QED) is 0.580. The first-order chi connectivity index (χ1) is 12.4. The van der Waals surface area contributed by atoms with Gasteiger partial charge >= 0.3 is 152 Å². The van der Waals surface area contributed by atoms with Gasteiger partial charge in [-0.3, -0.25) is 0 Å². The summed E-state index contributed by atoms with van der Waals surface area (Å²) in [5, 5.41) is 4.71. The molecule has 1 aliphatic rings. The van der Waals surface area contributed by atoms with Crippen LogP contribution in [-0.2, 0) is 0 Å². The van der Waals surface area contributed by atoms with E-state index in [9.17, 15) is 0 Å². The van der Waals surface area contributed by atoms with Crippen molar-refractivity contribution in [1.29, 1.82) is 0 Å². The summed E-state index contributed by atoms with van der Waals surface area (Å²) in [6.45, 7) is 0. The molecule has 1 heteroatoms. The summed E-state index contributed by atoms with van der Waals surface area (Å²) in [4.78, 5) is 0. The van der Waals surface area contributed by atoms with Gasteiger partial charge in [-0.1, -0.05) is 0 Å². The molecule has 0 radical (unpaired) electrons. The van der Waals surface area contributed by atoms with E-state index < -0.39 is 7.26 Å². The second-order valence-electron chi connectivity index (χ2n) is 7.24. The fourth-order valence-electron chi connectivity index (χ4n) is 4.85. The normalized spacial score (nSPS) is 16.5. The molecule has 0 atom stereocenters. The second kappa shape index (κ2) is 7.54. The van der Waals surface area contributed by atoms with E-state index in [1.165, 1.54) is 32.1 Å². The predicted octanol–water partition coefficient (Wildman–Crippen LogP) is 5.05. The van der Waals surface area contributed by atoms with Crippen LogP contribution in [0.25, 0.3) is 0 Å². The first-order valence-electron chi connectivity index (χ1n) is 9.59. The Bertz CT molecular complexity index is 677. The van der Waals surface area contributed by atoms with E-state index in [-0.39, 0.29) is 0 Å². The van der Waals surface area contributed by atoms with Crippen LogP contribution in [0.2, 0.25) is 0 Å². The van der Waals surface area contributed by atoms with Gasteiger partial charge in [0.1, 0.15) is 0 Å². The Balaban J connectivity index is 2.01. The zero-order chi connectivity index (χ0) is 17.0. The molecule has 0 bridgehead atoms. The van der Waals surface area contributed by atoms with E-state index in [1.807, 2.05) is 0 Å². The third-order valence-electron chi connectivity index (χ3n) is 5.90. The Hall–Kier alpha value is -1.91. The fourth-order valence-corrected chi connectivity index (χ4v) is 10.7. The summed E-state index contributed by atoms with van der Waals surface area (Å²) < 4.78 is 0. The van der Waals surface area contributed by atoms with Gasteiger partial charge in [-0.15, -0.1) is 0 Å². The maximum absolute atomic E-state index is 2.39. The average Bonchev–Trinajstić information content (AvgIpc) is 2.72. The zero-order valence-electron chi connectivity index (χ0n) is 14.8. The van der Waals surface area contributed by atoms with E-state index >= 15 is 0 Å². The van der Waals surface area contributed by atoms with E-state index in [1.54, 1.807) is 15.9 Å². The van der Waals surface area contributed by atoms with Crippen molar-refractivity contribution in [2.45, 2.75) is 37.8 Å². The molecule has 0 aromatic heterocycles. The monoisotopic (exact) mass is 346 g/mol. The molecule has 128 valence electrons. The Morgan fingerprint density at radius 3 is 1.20 bits per heavy atom. The van der Waals surface area contributed by atoms with E-state index in [4.69, 9.17) is 0 Å². The van der Waals surface area contributed by atoms with Crippen molar-refractivity contribution in [3.05, 3.63) is 91.0 Å². The molecule has 0 nitrogen and oxygen atoms in total. The molecule has 0 saturated heterocycles. The molecule has 1 aliphatic carbocycles. The van der Waals surface area contributed by atoms with Crippen molar-refractivity contribution in [2.24, 2.45) is 0 Å². The van der Waals surface area contributed by atoms with Crippen LogP contribution in [-0.4, -0.2) is 5.66 Å². The topological polar surface area (TPSA) is 0 Å². The van der Waals surface area contributed by atoms with Crippen LogP contribution in [0.4, 0.5) is 0 Å². The van der Waals surface area contributed by atoms with Crippen molar-refractivity contribution in [2.75, 3.05) is 0 Å². The van der Waals surface area contributed by atoms with Crippen LogP contribution in [0.5, 0.6) is 0 Å². The molecule has 3 aromatic carbocycles. The average molecular weight is 346 g/mol. The molecular formula is C24H27P. The van der Waals surface area contributed by atoms with Gasteiger partial charge in [0, 0.05) is 0 Å². The van der Waals surface area contributed by atoms with Crippen LogP contribution >= 0.6 is 7.26 Å². The Morgan fingerprint density at radius 2 is 0.840 bits per heavy atom. The summed E-state index contributed by atoms with van der Waals surface area (Å²) in [7, 11) is -2.02. The Labute approximate surface area is 152 Å². The van der Waals surface area contributed by atoms with Gasteiger partial charge in [0.15, 0.2) is 0 Å². The molecule has 4 rings (SSSR count). The van der Waals surface area contributed by atoms with Gasteiger partial charge < -0.3 is 0 Å². The number of rotatable bonds is 4. The minimum atomic E-state index is -2.02. The fraction of sp³-hybridized carbons (Fsp3) is 0.250. The summed E-state index contributed by atoms with van der Waals surface area (Å²) in [5.41, 5.74) is 0.786. The van der Waals surface area contributed by atoms with Gasteiger partial charge in [0.05, 0.1) is 0 Å². The van der Waals surface area contributed by atoms with Crippen LogP contribution in [0.1, 0.15) is 32.1 Å². The molecule has 3 aromatic rings.